The maximum Gasteiger partial charge on any atom is 0.161 e. The van der Waals surface area contributed by atoms with Crippen LogP contribution in [-0.2, 0) is 20.1 Å². The van der Waals surface area contributed by atoms with Crippen molar-refractivity contribution in [2.75, 3.05) is 5.31 Å². The number of aryl methyl sites for hydroxylation is 2. The molecule has 2 heteroatoms. The van der Waals surface area contributed by atoms with Gasteiger partial charge in [0.1, 0.15) is 0 Å². The molecule has 0 saturated carbocycles. The zero-order valence-electron chi connectivity index (χ0n) is 13.0. The van der Waals surface area contributed by atoms with Gasteiger partial charge < -0.3 is 5.31 Å². The summed E-state index contributed by atoms with van der Waals surface area (Å²) in [4.78, 5) is 0. The molecule has 1 N–H and O–H groups in total. The molecular formula is C17H17IrN. The number of rotatable bonds is 1. The molecule has 3 rings (SSSR count). The van der Waals surface area contributed by atoms with Crippen LogP contribution in [0.5, 0.6) is 0 Å². The summed E-state index contributed by atoms with van der Waals surface area (Å²) in [7, 11) is 0. The Labute approximate surface area is 131 Å². The summed E-state index contributed by atoms with van der Waals surface area (Å²) in [6, 6.07) is 12.6. The molecule has 1 unspecified atom stereocenters. The van der Waals surface area contributed by atoms with E-state index in [1.54, 1.807) is 6.08 Å². The van der Waals surface area contributed by atoms with Gasteiger partial charge in [0.25, 0.3) is 0 Å². The predicted octanol–water partition coefficient (Wildman–Crippen LogP) is 4.48. The monoisotopic (exact) mass is 430 g/mol. The molecule has 1 radical (unpaired) electrons. The smallest absolute Gasteiger partial charge is 0.161 e. The summed E-state index contributed by atoms with van der Waals surface area (Å²) in [5.74, 6) is 0. The zero-order chi connectivity index (χ0) is 14.3. The van der Waals surface area contributed by atoms with Crippen molar-refractivity contribution in [1.29, 1.82) is 0 Å². The average Bonchev–Trinajstić information content (AvgIpc) is 2.42. The summed E-state index contributed by atoms with van der Waals surface area (Å²) in [5, 5.41) is 1.29. The largest absolute Gasteiger partial charge is 0.374 e. The van der Waals surface area contributed by atoms with Crippen LogP contribution in [0.4, 0.5) is 5.69 Å². The average molecular weight is 430 g/mol. The van der Waals surface area contributed by atoms with E-state index in [0.29, 0.717) is 0 Å². The van der Waals surface area contributed by atoms with Crippen molar-refractivity contribution in [3.8, 4) is 0 Å². The molecule has 1 aliphatic rings. The number of para-hydroxylation sites is 1. The van der Waals surface area contributed by atoms with E-state index in [2.05, 4.69) is 6.07 Å². The Morgan fingerprint density at radius 2 is 1.79 bits per heavy atom. The molecule has 1 aliphatic heterocycles. The number of hydrogen-bond acceptors (Lipinski definition) is 1. The summed E-state index contributed by atoms with van der Waals surface area (Å²) < 4.78 is 17.1. The van der Waals surface area contributed by atoms with Crippen LogP contribution in [0.1, 0.15) is 29.6 Å². The van der Waals surface area contributed by atoms with E-state index in [-0.39, 0.29) is 20.1 Å². The van der Waals surface area contributed by atoms with E-state index in [1.807, 2.05) is 56.3 Å². The maximum atomic E-state index is 8.74. The Hall–Kier alpha value is -1.37. The molecule has 0 bridgehead atoms. The number of hydrogen-bond donors (Lipinski definition) is 1. The van der Waals surface area contributed by atoms with Gasteiger partial charge in [-0.05, 0) is 31.0 Å². The van der Waals surface area contributed by atoms with Crippen LogP contribution in [0, 0.1) is 13.8 Å². The maximum absolute atomic E-state index is 8.74. The zero-order valence-corrected chi connectivity index (χ0v) is 13.4. The van der Waals surface area contributed by atoms with Gasteiger partial charge in [-0.3, -0.25) is 0 Å². The summed E-state index contributed by atoms with van der Waals surface area (Å²) in [5.41, 5.74) is 4.81. The van der Waals surface area contributed by atoms with Gasteiger partial charge in [0.15, 0.2) is 1.41 Å². The topological polar surface area (TPSA) is 12.0 Å². The fourth-order valence-corrected chi connectivity index (χ4v) is 2.35. The fraction of sp³-hybridized carbons (Fsp3) is 0.176. The number of benzene rings is 2. The van der Waals surface area contributed by atoms with Crippen LogP contribution in [0.15, 0.2) is 48.5 Å². The van der Waals surface area contributed by atoms with E-state index in [1.165, 1.54) is 5.31 Å². The van der Waals surface area contributed by atoms with Crippen LogP contribution in [0.2, 0.25) is 1.41 Å². The SMILES string of the molecule is [2H]N1c2ccccc2C=CC1([2H])c1cc(C)cc(C)c1.[Ir]. The van der Waals surface area contributed by atoms with Crippen LogP contribution >= 0.6 is 0 Å². The molecule has 2 aromatic carbocycles. The van der Waals surface area contributed by atoms with Gasteiger partial charge in [0, 0.05) is 25.8 Å². The molecule has 2 aromatic rings. The van der Waals surface area contributed by atoms with Crippen LogP contribution < -0.4 is 5.31 Å². The first kappa shape index (κ1) is 11.5. The van der Waals surface area contributed by atoms with Crippen LogP contribution in [-0.4, -0.2) is 0 Å². The first-order chi connectivity index (χ1) is 9.50. The third-order valence-corrected chi connectivity index (χ3v) is 3.12. The van der Waals surface area contributed by atoms with E-state index in [4.69, 9.17) is 2.78 Å². The number of nitrogens with one attached hydrogen (secondary N) is 1. The van der Waals surface area contributed by atoms with Crippen LogP contribution in [0.3, 0.4) is 0 Å². The van der Waals surface area contributed by atoms with Gasteiger partial charge in [-0.1, -0.05) is 59.7 Å². The third-order valence-electron chi connectivity index (χ3n) is 3.12. The fourth-order valence-electron chi connectivity index (χ4n) is 2.35. The van der Waals surface area contributed by atoms with Crippen molar-refractivity contribution in [1.82, 2.24) is 0 Å². The number of anilines is 1. The summed E-state index contributed by atoms with van der Waals surface area (Å²) >= 11 is 0. The Kier molecular flexibility index (Phi) is 3.45. The van der Waals surface area contributed by atoms with Gasteiger partial charge in [-0.15, -0.1) is 0 Å². The Balaban J connectivity index is 0.00000161. The van der Waals surface area contributed by atoms with Crippen molar-refractivity contribution in [2.24, 2.45) is 0 Å². The molecule has 0 amide bonds. The molecule has 0 saturated heterocycles. The molecule has 0 aromatic heterocycles. The molecular weight excluding hydrogens is 410 g/mol. The van der Waals surface area contributed by atoms with Crippen molar-refractivity contribution >= 4 is 11.8 Å². The molecule has 1 nitrogen and oxygen atoms in total. The van der Waals surface area contributed by atoms with Gasteiger partial charge in [0.2, 0.25) is 0 Å². The Morgan fingerprint density at radius 1 is 1.11 bits per heavy atom. The minimum absolute atomic E-state index is 0. The Morgan fingerprint density at radius 3 is 2.53 bits per heavy atom. The van der Waals surface area contributed by atoms with E-state index in [0.717, 1.165) is 27.9 Å². The van der Waals surface area contributed by atoms with E-state index < -0.39 is 6.02 Å². The standard InChI is InChI=1S/C17H17N.Ir/c1-12-9-13(2)11-15(10-12)17-8-7-14-5-3-4-6-16(14)18-17;/h3-11,17-18H,1-2H3;/i17D;/hD. The molecule has 19 heavy (non-hydrogen) atoms. The van der Waals surface area contributed by atoms with Gasteiger partial charge in [0.05, 0.1) is 7.39 Å². The second-order valence-electron chi connectivity index (χ2n) is 4.77. The molecule has 0 spiro atoms. The minimum Gasteiger partial charge on any atom is -0.374 e. The quantitative estimate of drug-likeness (QED) is 0.705. The summed E-state index contributed by atoms with van der Waals surface area (Å²) in [6.07, 6.45) is 3.72. The van der Waals surface area contributed by atoms with Gasteiger partial charge in [-0.25, -0.2) is 0 Å². The number of fused-ring (bicyclic) bond motifs is 1. The van der Waals surface area contributed by atoms with Crippen molar-refractivity contribution in [2.45, 2.75) is 19.9 Å². The molecule has 1 heterocycles. The second kappa shape index (κ2) is 5.73. The second-order valence-corrected chi connectivity index (χ2v) is 4.77. The van der Waals surface area contributed by atoms with Crippen LogP contribution in [0.25, 0.3) is 6.08 Å². The van der Waals surface area contributed by atoms with E-state index in [9.17, 15) is 0 Å². The van der Waals surface area contributed by atoms with Crippen molar-refractivity contribution in [3.63, 3.8) is 0 Å². The minimum atomic E-state index is -1.18. The van der Waals surface area contributed by atoms with Gasteiger partial charge in [-0.2, -0.15) is 0 Å². The first-order valence-electron chi connectivity index (χ1n) is 7.11. The van der Waals surface area contributed by atoms with Crippen molar-refractivity contribution < 1.29 is 22.9 Å². The molecule has 0 aliphatic carbocycles. The van der Waals surface area contributed by atoms with Gasteiger partial charge >= 0.3 is 0 Å². The van der Waals surface area contributed by atoms with Crippen molar-refractivity contribution in [3.05, 3.63) is 70.8 Å². The third kappa shape index (κ3) is 2.97. The molecule has 1 atom stereocenters. The molecule has 99 valence electrons. The predicted molar refractivity (Wildman–Crippen MR) is 77.8 cm³/mol. The summed E-state index contributed by atoms with van der Waals surface area (Å²) in [6.45, 7) is 4.04. The first-order valence-corrected chi connectivity index (χ1v) is 6.17. The Bertz CT molecular complexity index is 679. The van der Waals surface area contributed by atoms with E-state index >= 15 is 0 Å². The normalized spacial score (nSPS) is 22.1. The molecule has 0 fully saturated rings.